The number of hydrogen-bond donors (Lipinski definition) is 1. The number of nitrogens with one attached hydrogen (secondary N) is 1. The van der Waals surface area contributed by atoms with Crippen LogP contribution in [0, 0.1) is 13.8 Å². The molecule has 0 radical (unpaired) electrons. The van der Waals surface area contributed by atoms with Crippen LogP contribution in [-0.2, 0) is 20.1 Å². The highest BCUT2D eigenvalue weighted by molar-refractivity contribution is 5.70. The summed E-state index contributed by atoms with van der Waals surface area (Å²) in [4.78, 5) is 31.8. The minimum atomic E-state index is -0.249. The molecule has 0 saturated heterocycles. The lowest BCUT2D eigenvalue weighted by Gasteiger charge is -2.22. The average molecular weight is 411 g/mol. The summed E-state index contributed by atoms with van der Waals surface area (Å²) in [7, 11) is 1.75. The second kappa shape index (κ2) is 8.13. The number of unbranched alkanes of at least 4 members (excludes halogenated alkanes) is 3. The van der Waals surface area contributed by atoms with Crippen molar-refractivity contribution in [2.45, 2.75) is 66.0 Å². The van der Waals surface area contributed by atoms with E-state index in [1.807, 2.05) is 0 Å². The first-order valence-corrected chi connectivity index (χ1v) is 11.0. The van der Waals surface area contributed by atoms with E-state index >= 15 is 0 Å². The zero-order valence-electron chi connectivity index (χ0n) is 18.5. The van der Waals surface area contributed by atoms with E-state index in [4.69, 9.17) is 0 Å². The first-order chi connectivity index (χ1) is 14.4. The van der Waals surface area contributed by atoms with Crippen LogP contribution in [0.15, 0.2) is 27.8 Å². The lowest BCUT2D eigenvalue weighted by atomic mass is 10.1. The van der Waals surface area contributed by atoms with Crippen LogP contribution in [0.25, 0.3) is 11.2 Å². The monoisotopic (exact) mass is 410 g/mol. The van der Waals surface area contributed by atoms with Crippen molar-refractivity contribution in [2.24, 2.45) is 7.05 Å². The van der Waals surface area contributed by atoms with Crippen molar-refractivity contribution in [3.63, 3.8) is 0 Å². The lowest BCUT2D eigenvalue weighted by molar-refractivity contribution is -0.663. The first kappa shape index (κ1) is 20.4. The van der Waals surface area contributed by atoms with E-state index in [2.05, 4.69) is 53.4 Å². The van der Waals surface area contributed by atoms with Crippen LogP contribution < -0.4 is 20.7 Å². The molecule has 1 N–H and O–H groups in total. The van der Waals surface area contributed by atoms with Crippen LogP contribution in [0.2, 0.25) is 0 Å². The molecule has 0 spiro atoms. The molecule has 0 bridgehead atoms. The summed E-state index contributed by atoms with van der Waals surface area (Å²) in [6.45, 7) is 8.48. The van der Waals surface area contributed by atoms with Gasteiger partial charge in [-0.3, -0.25) is 13.9 Å². The quantitative estimate of drug-likeness (QED) is 0.502. The molecule has 2 aromatic heterocycles. The topological polar surface area (TPSA) is 66.9 Å². The van der Waals surface area contributed by atoms with Gasteiger partial charge >= 0.3 is 11.6 Å². The molecule has 0 saturated carbocycles. The number of H-pyrrole nitrogens is 1. The molecule has 1 aromatic carbocycles. The fourth-order valence-corrected chi connectivity index (χ4v) is 4.38. The number of anilines is 2. The van der Waals surface area contributed by atoms with Crippen LogP contribution in [-0.4, -0.2) is 20.7 Å². The molecule has 4 rings (SSSR count). The molecule has 0 fully saturated rings. The molecular formula is C23H32N5O2+. The molecule has 1 aliphatic heterocycles. The number of benzene rings is 1. The maximum absolute atomic E-state index is 13.3. The molecule has 30 heavy (non-hydrogen) atoms. The number of aryl methyl sites for hydroxylation is 4. The van der Waals surface area contributed by atoms with Gasteiger partial charge in [0.25, 0.3) is 5.56 Å². The Labute approximate surface area is 176 Å². The van der Waals surface area contributed by atoms with Crippen molar-refractivity contribution in [3.8, 4) is 0 Å². The molecule has 0 amide bonds. The highest BCUT2D eigenvalue weighted by atomic mass is 16.2. The zero-order chi connectivity index (χ0) is 21.4. The van der Waals surface area contributed by atoms with E-state index in [0.29, 0.717) is 17.7 Å². The minimum Gasteiger partial charge on any atom is -0.267 e. The third kappa shape index (κ3) is 3.36. The summed E-state index contributed by atoms with van der Waals surface area (Å²) in [5, 5.41) is 0. The third-order valence-electron chi connectivity index (χ3n) is 6.34. The Kier molecular flexibility index (Phi) is 5.54. The molecule has 7 nitrogen and oxygen atoms in total. The maximum Gasteiger partial charge on any atom is 0.364 e. The minimum absolute atomic E-state index is 0.186. The average Bonchev–Trinajstić information content (AvgIpc) is 3.13. The summed E-state index contributed by atoms with van der Waals surface area (Å²) < 4.78 is 5.05. The van der Waals surface area contributed by atoms with Gasteiger partial charge < -0.3 is 0 Å². The van der Waals surface area contributed by atoms with Gasteiger partial charge in [-0.15, -0.1) is 0 Å². The second-order valence-corrected chi connectivity index (χ2v) is 8.43. The van der Waals surface area contributed by atoms with Crippen LogP contribution in [0.5, 0.6) is 0 Å². The Bertz CT molecular complexity index is 1200. The van der Waals surface area contributed by atoms with Crippen LogP contribution in [0.4, 0.5) is 11.6 Å². The Hall–Kier alpha value is -2.83. The van der Waals surface area contributed by atoms with Gasteiger partial charge in [-0.2, -0.15) is 0 Å². The number of aromatic nitrogens is 4. The number of rotatable bonds is 6. The Balaban J connectivity index is 1.83. The first-order valence-electron chi connectivity index (χ1n) is 11.0. The Morgan fingerprint density at radius 2 is 1.90 bits per heavy atom. The van der Waals surface area contributed by atoms with Gasteiger partial charge in [0.2, 0.25) is 11.2 Å². The van der Waals surface area contributed by atoms with Gasteiger partial charge in [0, 0.05) is 20.0 Å². The van der Waals surface area contributed by atoms with Crippen molar-refractivity contribution in [3.05, 3.63) is 50.2 Å². The van der Waals surface area contributed by atoms with Crippen LogP contribution >= 0.6 is 0 Å². The maximum atomic E-state index is 13.3. The molecule has 0 unspecified atom stereocenters. The van der Waals surface area contributed by atoms with Crippen molar-refractivity contribution in [1.82, 2.24) is 14.1 Å². The predicted molar refractivity (Wildman–Crippen MR) is 120 cm³/mol. The Morgan fingerprint density at radius 3 is 2.63 bits per heavy atom. The smallest absolute Gasteiger partial charge is 0.267 e. The molecule has 0 aliphatic carbocycles. The normalized spacial score (nSPS) is 13.8. The molecule has 160 valence electrons. The number of fused-ring (bicyclic) bond motifs is 3. The molecule has 1 aliphatic rings. The van der Waals surface area contributed by atoms with Crippen molar-refractivity contribution < 1.29 is 4.57 Å². The van der Waals surface area contributed by atoms with Gasteiger partial charge in [-0.05, 0) is 43.5 Å². The number of nitrogens with zero attached hydrogens (tertiary/aromatic N) is 4. The van der Waals surface area contributed by atoms with Gasteiger partial charge in [0.15, 0.2) is 0 Å². The highest BCUT2D eigenvalue weighted by Crippen LogP contribution is 2.27. The van der Waals surface area contributed by atoms with Gasteiger partial charge in [-0.1, -0.05) is 32.3 Å². The standard InChI is InChI=1S/C23H31N5O2/c1-5-6-7-8-12-28-21(29)19-20(25(4)23(28)30)24-22-26(13-9-14-27(19)22)18-11-10-16(2)17(3)15-18/h10-11,15H,5-9,12-14H2,1-4H3/p+1. The Morgan fingerprint density at radius 1 is 1.10 bits per heavy atom. The van der Waals surface area contributed by atoms with Gasteiger partial charge in [0.05, 0.1) is 13.1 Å². The summed E-state index contributed by atoms with van der Waals surface area (Å²) in [5.41, 5.74) is 4.35. The largest absolute Gasteiger partial charge is 0.364 e. The van der Waals surface area contributed by atoms with Gasteiger partial charge in [-0.25, -0.2) is 19.2 Å². The van der Waals surface area contributed by atoms with Gasteiger partial charge in [0.1, 0.15) is 5.69 Å². The fraction of sp³-hybridized carbons (Fsp3) is 0.522. The second-order valence-electron chi connectivity index (χ2n) is 8.43. The molecule has 3 aromatic rings. The van der Waals surface area contributed by atoms with Crippen molar-refractivity contribution >= 4 is 22.8 Å². The number of aromatic amines is 1. The summed E-state index contributed by atoms with van der Waals surface area (Å²) in [6.07, 6.45) is 5.07. The van der Waals surface area contributed by atoms with Crippen molar-refractivity contribution in [2.75, 3.05) is 11.4 Å². The molecule has 0 atom stereocenters. The summed E-state index contributed by atoms with van der Waals surface area (Å²) in [6, 6.07) is 6.43. The fourth-order valence-electron chi connectivity index (χ4n) is 4.38. The van der Waals surface area contributed by atoms with E-state index < -0.39 is 0 Å². The third-order valence-corrected chi connectivity index (χ3v) is 6.34. The molecular weight excluding hydrogens is 378 g/mol. The van der Waals surface area contributed by atoms with E-state index in [9.17, 15) is 9.59 Å². The predicted octanol–water partition coefficient (Wildman–Crippen LogP) is 3.05. The lowest BCUT2D eigenvalue weighted by Crippen LogP contribution is -2.49. The van der Waals surface area contributed by atoms with E-state index in [1.165, 1.54) is 15.7 Å². The van der Waals surface area contributed by atoms with E-state index in [-0.39, 0.29) is 11.2 Å². The number of hydrogen-bond acceptors (Lipinski definition) is 3. The van der Waals surface area contributed by atoms with E-state index in [1.54, 1.807) is 11.6 Å². The highest BCUT2D eigenvalue weighted by Gasteiger charge is 2.33. The molecule has 3 heterocycles. The summed E-state index contributed by atoms with van der Waals surface area (Å²) in [5.74, 6) is 0.871. The van der Waals surface area contributed by atoms with Crippen LogP contribution in [0.1, 0.15) is 50.2 Å². The van der Waals surface area contributed by atoms with Crippen molar-refractivity contribution in [1.29, 1.82) is 0 Å². The SMILES string of the molecule is CCCCCCn1c(=O)c2c([nH]c3[n+]2CCCN3c2ccc(C)c(C)c2)n(C)c1=O. The van der Waals surface area contributed by atoms with E-state index in [0.717, 1.165) is 56.8 Å². The molecule has 7 heteroatoms. The summed E-state index contributed by atoms with van der Waals surface area (Å²) >= 11 is 0. The van der Waals surface area contributed by atoms with Crippen LogP contribution in [0.3, 0.4) is 0 Å². The number of imidazole rings is 1. The zero-order valence-corrected chi connectivity index (χ0v) is 18.5.